The van der Waals surface area contributed by atoms with Gasteiger partial charge >= 0.3 is 11.9 Å². The summed E-state index contributed by atoms with van der Waals surface area (Å²) in [6, 6.07) is -4.30. The minimum Gasteiger partial charge on any atom is -0.481 e. The number of likely N-dealkylation sites (tertiary alicyclic amines) is 2. The molecular weight excluding hydrogens is 436 g/mol. The van der Waals surface area contributed by atoms with Crippen LogP contribution in [0.15, 0.2) is 12.5 Å². The van der Waals surface area contributed by atoms with Gasteiger partial charge in [0.15, 0.2) is 0 Å². The van der Waals surface area contributed by atoms with Gasteiger partial charge in [0.25, 0.3) is 0 Å². The Morgan fingerprint density at radius 2 is 1.73 bits per heavy atom. The highest BCUT2D eigenvalue weighted by molar-refractivity contribution is 5.96. The molecule has 0 spiro atoms. The molecule has 0 bridgehead atoms. The Balaban J connectivity index is 1.68. The molecule has 6 N–H and O–H groups in total. The number of H-pyrrole nitrogens is 1. The van der Waals surface area contributed by atoms with Gasteiger partial charge in [-0.25, -0.2) is 9.78 Å². The predicted octanol–water partition coefficient (Wildman–Crippen LogP) is -1.69. The highest BCUT2D eigenvalue weighted by Crippen LogP contribution is 2.21. The van der Waals surface area contributed by atoms with E-state index in [1.54, 1.807) is 6.20 Å². The van der Waals surface area contributed by atoms with Crippen LogP contribution in [-0.4, -0.2) is 96.9 Å². The van der Waals surface area contributed by atoms with Gasteiger partial charge in [-0.1, -0.05) is 0 Å². The van der Waals surface area contributed by atoms with Crippen LogP contribution >= 0.6 is 0 Å². The van der Waals surface area contributed by atoms with Gasteiger partial charge in [0.2, 0.25) is 17.7 Å². The van der Waals surface area contributed by atoms with Crippen molar-refractivity contribution in [3.8, 4) is 0 Å². The first-order valence-corrected chi connectivity index (χ1v) is 10.8. The molecule has 2 fully saturated rings. The van der Waals surface area contributed by atoms with Gasteiger partial charge in [-0.2, -0.15) is 0 Å². The zero-order chi connectivity index (χ0) is 24.1. The number of nitrogens with one attached hydrogen (secondary N) is 2. The number of rotatable bonds is 9. The van der Waals surface area contributed by atoms with Crippen LogP contribution < -0.4 is 11.1 Å². The van der Waals surface area contributed by atoms with E-state index in [4.69, 9.17) is 5.73 Å². The molecule has 13 nitrogen and oxygen atoms in total. The fourth-order valence-electron chi connectivity index (χ4n) is 4.37. The maximum Gasteiger partial charge on any atom is 0.326 e. The molecule has 3 amide bonds. The summed E-state index contributed by atoms with van der Waals surface area (Å²) < 4.78 is 0. The van der Waals surface area contributed by atoms with Crippen molar-refractivity contribution in [1.82, 2.24) is 25.1 Å². The average Bonchev–Trinajstić information content (AvgIpc) is 3.52. The molecule has 1 aromatic rings. The van der Waals surface area contributed by atoms with Crippen LogP contribution in [-0.2, 0) is 30.4 Å². The van der Waals surface area contributed by atoms with Crippen LogP contribution in [0, 0.1) is 0 Å². The summed E-state index contributed by atoms with van der Waals surface area (Å²) in [6.07, 6.45) is 4.13. The maximum absolute atomic E-state index is 13.0. The van der Waals surface area contributed by atoms with E-state index in [9.17, 15) is 34.2 Å². The highest BCUT2D eigenvalue weighted by Gasteiger charge is 2.41. The van der Waals surface area contributed by atoms with Gasteiger partial charge in [-0.15, -0.1) is 0 Å². The molecule has 0 aromatic carbocycles. The fourth-order valence-corrected chi connectivity index (χ4v) is 4.37. The van der Waals surface area contributed by atoms with Crippen molar-refractivity contribution in [2.24, 2.45) is 5.73 Å². The molecule has 4 unspecified atom stereocenters. The lowest BCUT2D eigenvalue weighted by atomic mass is 10.1. The van der Waals surface area contributed by atoms with Crippen LogP contribution in [0.4, 0.5) is 0 Å². The first-order chi connectivity index (χ1) is 15.7. The number of carboxylic acid groups (broad SMARTS) is 2. The normalized spacial score (nSPS) is 22.1. The summed E-state index contributed by atoms with van der Waals surface area (Å²) in [7, 11) is 0. The van der Waals surface area contributed by atoms with E-state index in [0.29, 0.717) is 31.5 Å². The number of amides is 3. The molecule has 180 valence electrons. The minimum absolute atomic E-state index is 0.165. The van der Waals surface area contributed by atoms with E-state index in [-0.39, 0.29) is 19.4 Å². The number of carbonyl (C=O) groups is 5. The lowest BCUT2D eigenvalue weighted by Crippen LogP contribution is -2.57. The standard InChI is InChI=1S/C20H28N6O7/c21-12(7-11-9-22-10-23-11)18(30)25-5-1-3-14(25)17(29)24-13(8-16(27)28)19(31)26-6-2-4-15(26)20(32)33/h9-10,12-15H,1-8,21H2,(H,22,23)(H,24,29)(H,27,28)(H,32,33). The maximum atomic E-state index is 13.0. The molecule has 1 aromatic heterocycles. The summed E-state index contributed by atoms with van der Waals surface area (Å²) in [6.45, 7) is 0.469. The van der Waals surface area contributed by atoms with E-state index in [1.165, 1.54) is 11.2 Å². The molecule has 4 atom stereocenters. The zero-order valence-electron chi connectivity index (χ0n) is 18.0. The van der Waals surface area contributed by atoms with E-state index >= 15 is 0 Å². The smallest absolute Gasteiger partial charge is 0.326 e. The average molecular weight is 464 g/mol. The Labute approximate surface area is 189 Å². The monoisotopic (exact) mass is 464 g/mol. The van der Waals surface area contributed by atoms with Crippen molar-refractivity contribution in [1.29, 1.82) is 0 Å². The lowest BCUT2D eigenvalue weighted by Gasteiger charge is -2.30. The molecule has 0 radical (unpaired) electrons. The quantitative estimate of drug-likeness (QED) is 0.283. The number of nitrogens with zero attached hydrogens (tertiary/aromatic N) is 3. The molecule has 0 saturated carbocycles. The van der Waals surface area contributed by atoms with Crippen molar-refractivity contribution in [3.05, 3.63) is 18.2 Å². The van der Waals surface area contributed by atoms with Crippen molar-refractivity contribution >= 4 is 29.7 Å². The van der Waals surface area contributed by atoms with Gasteiger partial charge in [0, 0.05) is 31.4 Å². The molecule has 2 aliphatic heterocycles. The number of carboxylic acids is 2. The Bertz CT molecular complexity index is 905. The number of nitrogens with two attached hydrogens (primary N) is 1. The minimum atomic E-state index is -1.44. The predicted molar refractivity (Wildman–Crippen MR) is 112 cm³/mol. The second-order valence-corrected chi connectivity index (χ2v) is 8.26. The number of aliphatic carboxylic acids is 2. The Hall–Kier alpha value is -3.48. The number of hydrogen-bond acceptors (Lipinski definition) is 7. The van der Waals surface area contributed by atoms with Crippen LogP contribution in [0.3, 0.4) is 0 Å². The van der Waals surface area contributed by atoms with Crippen LogP contribution in [0.2, 0.25) is 0 Å². The summed E-state index contributed by atoms with van der Waals surface area (Å²) in [5, 5.41) is 21.0. The first kappa shape index (κ1) is 24.2. The van der Waals surface area contributed by atoms with E-state index in [2.05, 4.69) is 15.3 Å². The van der Waals surface area contributed by atoms with Crippen LogP contribution in [0.25, 0.3) is 0 Å². The van der Waals surface area contributed by atoms with E-state index in [0.717, 1.165) is 4.90 Å². The number of aromatic nitrogens is 2. The third-order valence-electron chi connectivity index (χ3n) is 5.96. The van der Waals surface area contributed by atoms with E-state index in [1.807, 2.05) is 0 Å². The Kier molecular flexibility index (Phi) is 7.63. The SMILES string of the molecule is NC(Cc1cnc[nH]1)C(=O)N1CCCC1C(=O)NC(CC(=O)O)C(=O)N1CCCC1C(=O)O. The number of carbonyl (C=O) groups excluding carboxylic acids is 3. The van der Waals surface area contributed by atoms with Crippen molar-refractivity contribution < 1.29 is 34.2 Å². The van der Waals surface area contributed by atoms with Crippen LogP contribution in [0.1, 0.15) is 37.8 Å². The lowest BCUT2D eigenvalue weighted by molar-refractivity contribution is -0.151. The first-order valence-electron chi connectivity index (χ1n) is 10.8. The number of aromatic amines is 1. The molecule has 3 heterocycles. The molecule has 13 heteroatoms. The van der Waals surface area contributed by atoms with Gasteiger partial charge in [0.1, 0.15) is 18.1 Å². The van der Waals surface area contributed by atoms with Gasteiger partial charge in [-0.05, 0) is 25.7 Å². The molecule has 33 heavy (non-hydrogen) atoms. The van der Waals surface area contributed by atoms with Gasteiger partial charge in [-0.3, -0.25) is 19.2 Å². The van der Waals surface area contributed by atoms with Gasteiger partial charge in [0.05, 0.1) is 18.8 Å². The van der Waals surface area contributed by atoms with Crippen molar-refractivity contribution in [2.45, 2.75) is 62.7 Å². The Morgan fingerprint density at radius 1 is 1.09 bits per heavy atom. The topological polar surface area (TPSA) is 199 Å². The Morgan fingerprint density at radius 3 is 2.30 bits per heavy atom. The second-order valence-electron chi connectivity index (χ2n) is 8.26. The third kappa shape index (κ3) is 5.66. The zero-order valence-corrected chi connectivity index (χ0v) is 18.0. The summed E-state index contributed by atoms with van der Waals surface area (Å²) in [5.74, 6) is -4.36. The molecule has 2 saturated heterocycles. The number of imidazole rings is 1. The largest absolute Gasteiger partial charge is 0.481 e. The highest BCUT2D eigenvalue weighted by atomic mass is 16.4. The molecular formula is C20H28N6O7. The molecule has 2 aliphatic rings. The van der Waals surface area contributed by atoms with Crippen molar-refractivity contribution in [2.75, 3.05) is 13.1 Å². The summed E-state index contributed by atoms with van der Waals surface area (Å²) in [5.41, 5.74) is 6.70. The van der Waals surface area contributed by atoms with Crippen LogP contribution in [0.5, 0.6) is 0 Å². The van der Waals surface area contributed by atoms with E-state index < -0.39 is 60.2 Å². The second kappa shape index (κ2) is 10.4. The number of hydrogen-bond donors (Lipinski definition) is 5. The third-order valence-corrected chi connectivity index (χ3v) is 5.96. The summed E-state index contributed by atoms with van der Waals surface area (Å²) in [4.78, 5) is 70.7. The molecule has 3 rings (SSSR count). The molecule has 0 aliphatic carbocycles. The summed E-state index contributed by atoms with van der Waals surface area (Å²) >= 11 is 0. The fraction of sp³-hybridized carbons (Fsp3) is 0.600. The van der Waals surface area contributed by atoms with Crippen molar-refractivity contribution in [3.63, 3.8) is 0 Å². The van der Waals surface area contributed by atoms with Gasteiger partial charge < -0.3 is 36.0 Å².